The maximum atomic E-state index is 13.3. The fourth-order valence-corrected chi connectivity index (χ4v) is 3.77. The van der Waals surface area contributed by atoms with Gasteiger partial charge in [-0.3, -0.25) is 14.8 Å². The Morgan fingerprint density at radius 3 is 2.68 bits per heavy atom. The summed E-state index contributed by atoms with van der Waals surface area (Å²) in [5.74, 6) is -0.0945. The van der Waals surface area contributed by atoms with E-state index in [2.05, 4.69) is 11.1 Å². The number of aryl methyl sites for hydroxylation is 1. The highest BCUT2D eigenvalue weighted by atomic mass is 19.1. The van der Waals surface area contributed by atoms with E-state index in [0.29, 0.717) is 12.2 Å². The second kappa shape index (κ2) is 7.89. The molecule has 4 nitrogen and oxygen atoms in total. The summed E-state index contributed by atoms with van der Waals surface area (Å²) < 4.78 is 13.3. The number of amides is 1. The molecule has 1 atom stereocenters. The van der Waals surface area contributed by atoms with Crippen molar-refractivity contribution < 1.29 is 9.18 Å². The van der Waals surface area contributed by atoms with Crippen molar-refractivity contribution in [3.63, 3.8) is 0 Å². The van der Waals surface area contributed by atoms with E-state index in [9.17, 15) is 9.18 Å². The summed E-state index contributed by atoms with van der Waals surface area (Å²) >= 11 is 0. The predicted molar refractivity (Wildman–Crippen MR) is 106 cm³/mol. The first kappa shape index (κ1) is 18.3. The van der Waals surface area contributed by atoms with E-state index < -0.39 is 0 Å². The topological polar surface area (TPSA) is 46.1 Å². The molecule has 1 amide bonds. The Bertz CT molecular complexity index is 973. The number of aromatic nitrogens is 2. The third-order valence-electron chi connectivity index (χ3n) is 5.16. The lowest BCUT2D eigenvalue weighted by molar-refractivity contribution is 0.0700. The fourth-order valence-electron chi connectivity index (χ4n) is 3.77. The van der Waals surface area contributed by atoms with E-state index in [1.165, 1.54) is 12.1 Å². The van der Waals surface area contributed by atoms with Crippen LogP contribution in [-0.2, 0) is 0 Å². The summed E-state index contributed by atoms with van der Waals surface area (Å²) in [6.45, 7) is 3.34. The van der Waals surface area contributed by atoms with Crippen molar-refractivity contribution in [2.24, 2.45) is 0 Å². The monoisotopic (exact) mass is 375 g/mol. The number of benzene rings is 1. The summed E-state index contributed by atoms with van der Waals surface area (Å²) in [6, 6.07) is 16.0. The minimum absolute atomic E-state index is 0.0308. The molecule has 0 unspecified atom stereocenters. The van der Waals surface area contributed by atoms with Crippen LogP contribution >= 0.6 is 0 Å². The number of hydrogen-bond acceptors (Lipinski definition) is 3. The third-order valence-corrected chi connectivity index (χ3v) is 5.16. The number of carbonyl (C=O) groups is 1. The third kappa shape index (κ3) is 3.93. The molecule has 0 aliphatic carbocycles. The van der Waals surface area contributed by atoms with Gasteiger partial charge in [-0.1, -0.05) is 18.2 Å². The number of hydrogen-bond donors (Lipinski definition) is 0. The number of nitrogens with zero attached hydrogens (tertiary/aromatic N) is 3. The number of piperidine rings is 1. The van der Waals surface area contributed by atoms with Crippen molar-refractivity contribution in [3.05, 3.63) is 83.7 Å². The van der Waals surface area contributed by atoms with Crippen LogP contribution < -0.4 is 0 Å². The molecule has 0 bridgehead atoms. The minimum atomic E-state index is -0.245. The predicted octanol–water partition coefficient (Wildman–Crippen LogP) is 4.61. The average Bonchev–Trinajstić information content (AvgIpc) is 2.74. The second-order valence-corrected chi connectivity index (χ2v) is 7.23. The zero-order chi connectivity index (χ0) is 19.5. The van der Waals surface area contributed by atoms with Gasteiger partial charge in [0.1, 0.15) is 11.5 Å². The highest BCUT2D eigenvalue weighted by molar-refractivity contribution is 5.92. The summed E-state index contributed by atoms with van der Waals surface area (Å²) in [5, 5.41) is 0. The lowest BCUT2D eigenvalue weighted by atomic mass is 9.92. The van der Waals surface area contributed by atoms with Gasteiger partial charge in [0.05, 0.1) is 0 Å². The first-order valence-electron chi connectivity index (χ1n) is 9.55. The smallest absolute Gasteiger partial charge is 0.272 e. The first-order valence-corrected chi connectivity index (χ1v) is 9.55. The maximum Gasteiger partial charge on any atom is 0.272 e. The van der Waals surface area contributed by atoms with Crippen molar-refractivity contribution in [1.82, 2.24) is 14.9 Å². The zero-order valence-electron chi connectivity index (χ0n) is 15.8. The molecule has 1 saturated heterocycles. The van der Waals surface area contributed by atoms with Crippen LogP contribution in [0, 0.1) is 12.7 Å². The molecule has 0 radical (unpaired) electrons. The number of carbonyl (C=O) groups excluding carboxylic acids is 1. The molecule has 0 spiro atoms. The van der Waals surface area contributed by atoms with Gasteiger partial charge in [0, 0.05) is 36.6 Å². The van der Waals surface area contributed by atoms with Crippen LogP contribution in [-0.4, -0.2) is 33.9 Å². The summed E-state index contributed by atoms with van der Waals surface area (Å²) in [4.78, 5) is 23.6. The normalized spacial score (nSPS) is 16.8. The molecule has 4 rings (SSSR count). The Kier molecular flexibility index (Phi) is 5.15. The lowest BCUT2D eigenvalue weighted by Gasteiger charge is -2.32. The van der Waals surface area contributed by atoms with Crippen LogP contribution in [0.4, 0.5) is 4.39 Å². The van der Waals surface area contributed by atoms with Crippen molar-refractivity contribution >= 4 is 5.91 Å². The molecule has 142 valence electrons. The highest BCUT2D eigenvalue weighted by Crippen LogP contribution is 2.30. The largest absolute Gasteiger partial charge is 0.337 e. The van der Waals surface area contributed by atoms with E-state index in [-0.39, 0.29) is 17.6 Å². The van der Waals surface area contributed by atoms with Gasteiger partial charge in [-0.2, -0.15) is 0 Å². The molecule has 0 N–H and O–H groups in total. The Morgan fingerprint density at radius 1 is 1.11 bits per heavy atom. The minimum Gasteiger partial charge on any atom is -0.337 e. The van der Waals surface area contributed by atoms with Crippen molar-refractivity contribution in [2.75, 3.05) is 13.1 Å². The van der Waals surface area contributed by atoms with Gasteiger partial charge in [0.2, 0.25) is 0 Å². The molecule has 5 heteroatoms. The van der Waals surface area contributed by atoms with Crippen molar-refractivity contribution in [2.45, 2.75) is 25.7 Å². The molecule has 1 aliphatic heterocycles. The van der Waals surface area contributed by atoms with Gasteiger partial charge in [0.15, 0.2) is 0 Å². The molecule has 0 saturated carbocycles. The van der Waals surface area contributed by atoms with E-state index in [0.717, 1.165) is 41.9 Å². The average molecular weight is 375 g/mol. The Morgan fingerprint density at radius 2 is 1.93 bits per heavy atom. The number of rotatable bonds is 3. The van der Waals surface area contributed by atoms with Crippen LogP contribution in [0.1, 0.15) is 40.6 Å². The van der Waals surface area contributed by atoms with Crippen LogP contribution in [0.2, 0.25) is 0 Å². The van der Waals surface area contributed by atoms with Gasteiger partial charge in [-0.15, -0.1) is 0 Å². The van der Waals surface area contributed by atoms with Gasteiger partial charge in [-0.25, -0.2) is 4.39 Å². The Labute approximate surface area is 164 Å². The highest BCUT2D eigenvalue weighted by Gasteiger charge is 2.27. The van der Waals surface area contributed by atoms with Gasteiger partial charge in [-0.05, 0) is 67.3 Å². The number of pyridine rings is 2. The van der Waals surface area contributed by atoms with E-state index in [1.807, 2.05) is 30.0 Å². The Balaban J connectivity index is 1.58. The standard InChI is InChI=1S/C23H22FN3O/c1-16-13-19(17-7-9-20(24)10-8-17)14-22(26-16)18-5-4-12-27(15-18)23(28)21-6-2-3-11-25-21/h2-3,6-11,13-14,18H,4-5,12,15H2,1H3/t18-/m1/s1. The molecule has 1 aliphatic rings. The second-order valence-electron chi connectivity index (χ2n) is 7.23. The molecule has 3 aromatic rings. The van der Waals surface area contributed by atoms with E-state index >= 15 is 0 Å². The van der Waals surface area contributed by atoms with E-state index in [4.69, 9.17) is 4.98 Å². The summed E-state index contributed by atoms with van der Waals surface area (Å²) in [7, 11) is 0. The lowest BCUT2D eigenvalue weighted by Crippen LogP contribution is -2.39. The fraction of sp³-hybridized carbons (Fsp3) is 0.261. The molecule has 28 heavy (non-hydrogen) atoms. The molecule has 1 aromatic carbocycles. The van der Waals surface area contributed by atoms with Crippen LogP contribution in [0.5, 0.6) is 0 Å². The molecule has 3 heterocycles. The van der Waals surface area contributed by atoms with Gasteiger partial charge in [0.25, 0.3) is 5.91 Å². The molecular weight excluding hydrogens is 353 g/mol. The first-order chi connectivity index (χ1) is 13.6. The van der Waals surface area contributed by atoms with Crippen LogP contribution in [0.15, 0.2) is 60.8 Å². The maximum absolute atomic E-state index is 13.3. The quantitative estimate of drug-likeness (QED) is 0.671. The number of likely N-dealkylation sites (tertiary alicyclic amines) is 1. The zero-order valence-corrected chi connectivity index (χ0v) is 15.8. The van der Waals surface area contributed by atoms with Gasteiger partial charge >= 0.3 is 0 Å². The molecule has 1 fully saturated rings. The molecular formula is C23H22FN3O. The van der Waals surface area contributed by atoms with Crippen molar-refractivity contribution in [3.8, 4) is 11.1 Å². The van der Waals surface area contributed by atoms with Crippen molar-refractivity contribution in [1.29, 1.82) is 0 Å². The SMILES string of the molecule is Cc1cc(-c2ccc(F)cc2)cc([C@@H]2CCCN(C(=O)c3ccccn3)C2)n1. The number of halogens is 1. The van der Waals surface area contributed by atoms with Gasteiger partial charge < -0.3 is 4.90 Å². The molecule has 2 aromatic heterocycles. The van der Waals surface area contributed by atoms with Crippen LogP contribution in [0.25, 0.3) is 11.1 Å². The van der Waals surface area contributed by atoms with E-state index in [1.54, 1.807) is 24.4 Å². The van der Waals surface area contributed by atoms with Crippen LogP contribution in [0.3, 0.4) is 0 Å². The summed E-state index contributed by atoms with van der Waals surface area (Å²) in [5.41, 5.74) is 4.37. The summed E-state index contributed by atoms with van der Waals surface area (Å²) in [6.07, 6.45) is 3.57. The Hall–Kier alpha value is -3.08.